The lowest BCUT2D eigenvalue weighted by Gasteiger charge is -2.23. The number of methoxy groups -OCH3 is 1. The largest absolute Gasteiger partial charge is 0.490 e. The Balaban J connectivity index is 2.94. The van der Waals surface area contributed by atoms with E-state index in [-0.39, 0.29) is 6.61 Å². The summed E-state index contributed by atoms with van der Waals surface area (Å²) in [5.41, 5.74) is 0. The number of ether oxygens (including phenoxy) is 1. The summed E-state index contributed by atoms with van der Waals surface area (Å²) in [7, 11) is 1.54. The van der Waals surface area contributed by atoms with Crippen molar-refractivity contribution in [1.29, 1.82) is 0 Å². The Labute approximate surface area is 100 Å². The van der Waals surface area contributed by atoms with Gasteiger partial charge in [0, 0.05) is 19.7 Å². The molecule has 0 radical (unpaired) electrons. The molecule has 16 heavy (non-hydrogen) atoms. The smallest absolute Gasteiger partial charge is 0.199 e. The molecule has 0 unspecified atom stereocenters. The molecule has 90 valence electrons. The lowest BCUT2D eigenvalue weighted by molar-refractivity contribution is 0.289. The fourth-order valence-corrected chi connectivity index (χ4v) is 1.63. The Morgan fingerprint density at radius 1 is 1.50 bits per heavy atom. The van der Waals surface area contributed by atoms with Gasteiger partial charge >= 0.3 is 0 Å². The predicted octanol–water partition coefficient (Wildman–Crippen LogP) is 1.35. The van der Waals surface area contributed by atoms with E-state index < -0.39 is 0 Å². The first-order valence-corrected chi connectivity index (χ1v) is 5.52. The summed E-state index contributed by atoms with van der Waals surface area (Å²) in [6, 6.07) is 0. The van der Waals surface area contributed by atoms with Crippen LogP contribution in [-0.2, 0) is 0 Å². The number of aliphatic hydroxyl groups excluding tert-OH is 1. The molecule has 0 spiro atoms. The van der Waals surface area contributed by atoms with Crippen LogP contribution >= 0.6 is 11.6 Å². The average Bonchev–Trinajstić information content (AvgIpc) is 2.30. The molecule has 1 heterocycles. The minimum Gasteiger partial charge on any atom is -0.490 e. The molecular weight excluding hydrogens is 230 g/mol. The Hall–Kier alpha value is -1.07. The quantitative estimate of drug-likeness (QED) is 0.767. The fourth-order valence-electron chi connectivity index (χ4n) is 1.42. The van der Waals surface area contributed by atoms with Gasteiger partial charge in [0.05, 0.1) is 7.11 Å². The third-order valence-electron chi connectivity index (χ3n) is 2.21. The minimum atomic E-state index is 0.150. The Bertz CT molecular complexity index is 336. The van der Waals surface area contributed by atoms with Crippen molar-refractivity contribution in [3.05, 3.63) is 11.5 Å². The van der Waals surface area contributed by atoms with Crippen LogP contribution in [0.5, 0.6) is 5.75 Å². The number of hydrogen-bond donors (Lipinski definition) is 1. The topological polar surface area (TPSA) is 58.5 Å². The monoisotopic (exact) mass is 245 g/mol. The van der Waals surface area contributed by atoms with Crippen LogP contribution < -0.4 is 9.64 Å². The van der Waals surface area contributed by atoms with Crippen LogP contribution in [0.25, 0.3) is 0 Å². The van der Waals surface area contributed by atoms with Crippen molar-refractivity contribution in [2.75, 3.05) is 31.7 Å². The van der Waals surface area contributed by atoms with Gasteiger partial charge < -0.3 is 14.7 Å². The van der Waals surface area contributed by atoms with E-state index in [1.165, 1.54) is 13.4 Å². The highest BCUT2D eigenvalue weighted by atomic mass is 35.5. The van der Waals surface area contributed by atoms with E-state index in [4.69, 9.17) is 21.4 Å². The molecular formula is C10H16ClN3O2. The van der Waals surface area contributed by atoms with Crippen LogP contribution in [-0.4, -0.2) is 41.9 Å². The summed E-state index contributed by atoms with van der Waals surface area (Å²) in [4.78, 5) is 10.0. The highest BCUT2D eigenvalue weighted by Gasteiger charge is 2.15. The zero-order valence-corrected chi connectivity index (χ0v) is 10.2. The van der Waals surface area contributed by atoms with Gasteiger partial charge in [-0.15, -0.1) is 0 Å². The van der Waals surface area contributed by atoms with Gasteiger partial charge in [-0.3, -0.25) is 0 Å². The number of anilines is 1. The van der Waals surface area contributed by atoms with Crippen LogP contribution in [0.1, 0.15) is 13.3 Å². The second-order valence-electron chi connectivity index (χ2n) is 3.18. The molecule has 1 aromatic rings. The summed E-state index contributed by atoms with van der Waals surface area (Å²) in [5.74, 6) is 1.14. The Kier molecular flexibility index (Phi) is 5.28. The van der Waals surface area contributed by atoms with Gasteiger partial charge in [0.15, 0.2) is 16.7 Å². The van der Waals surface area contributed by atoms with E-state index in [9.17, 15) is 0 Å². The van der Waals surface area contributed by atoms with Crippen LogP contribution in [0.2, 0.25) is 5.15 Å². The van der Waals surface area contributed by atoms with Crippen molar-refractivity contribution < 1.29 is 9.84 Å². The molecule has 0 aromatic carbocycles. The standard InChI is InChI=1S/C10H16ClN3O2/c1-3-14(5-4-6-15)10-8(16-2)9(11)12-7-13-10/h7,15H,3-6H2,1-2H3. The molecule has 1 rings (SSSR count). The van der Waals surface area contributed by atoms with Gasteiger partial charge in [-0.1, -0.05) is 11.6 Å². The average molecular weight is 246 g/mol. The van der Waals surface area contributed by atoms with Crippen LogP contribution in [0.4, 0.5) is 5.82 Å². The summed E-state index contributed by atoms with van der Waals surface area (Å²) < 4.78 is 5.18. The first-order valence-electron chi connectivity index (χ1n) is 5.14. The van der Waals surface area contributed by atoms with Gasteiger partial charge in [0.1, 0.15) is 6.33 Å². The number of aromatic nitrogens is 2. The molecule has 0 aliphatic rings. The molecule has 0 aliphatic carbocycles. The zero-order valence-electron chi connectivity index (χ0n) is 9.48. The molecule has 0 amide bonds. The summed E-state index contributed by atoms with van der Waals surface area (Å²) in [5, 5.41) is 9.12. The van der Waals surface area contributed by atoms with E-state index >= 15 is 0 Å². The maximum Gasteiger partial charge on any atom is 0.199 e. The number of rotatable bonds is 6. The molecule has 0 aliphatic heterocycles. The molecule has 1 N–H and O–H groups in total. The van der Waals surface area contributed by atoms with Gasteiger partial charge in [0.2, 0.25) is 0 Å². The van der Waals surface area contributed by atoms with E-state index in [0.717, 1.165) is 6.54 Å². The number of halogens is 1. The molecule has 0 saturated carbocycles. The van der Waals surface area contributed by atoms with Crippen molar-refractivity contribution in [1.82, 2.24) is 9.97 Å². The van der Waals surface area contributed by atoms with Gasteiger partial charge in [-0.05, 0) is 13.3 Å². The van der Waals surface area contributed by atoms with Gasteiger partial charge in [0.25, 0.3) is 0 Å². The summed E-state index contributed by atoms with van der Waals surface area (Å²) in [6.07, 6.45) is 2.08. The van der Waals surface area contributed by atoms with E-state index in [1.807, 2.05) is 11.8 Å². The first kappa shape index (κ1) is 13.0. The second-order valence-corrected chi connectivity index (χ2v) is 3.54. The van der Waals surface area contributed by atoms with Crippen LogP contribution in [0, 0.1) is 0 Å². The SMILES string of the molecule is CCN(CCCO)c1ncnc(Cl)c1OC. The minimum absolute atomic E-state index is 0.150. The Morgan fingerprint density at radius 2 is 2.25 bits per heavy atom. The lowest BCUT2D eigenvalue weighted by atomic mass is 10.3. The Morgan fingerprint density at radius 3 is 2.81 bits per heavy atom. The third kappa shape index (κ3) is 2.96. The molecule has 0 saturated heterocycles. The van der Waals surface area contributed by atoms with E-state index in [1.54, 1.807) is 0 Å². The maximum atomic E-state index is 8.82. The predicted molar refractivity (Wildman–Crippen MR) is 63.2 cm³/mol. The normalized spacial score (nSPS) is 10.2. The van der Waals surface area contributed by atoms with E-state index in [2.05, 4.69) is 9.97 Å². The molecule has 1 aromatic heterocycles. The number of hydrogen-bond acceptors (Lipinski definition) is 5. The van der Waals surface area contributed by atoms with Crippen molar-refractivity contribution in [3.63, 3.8) is 0 Å². The maximum absolute atomic E-state index is 8.82. The van der Waals surface area contributed by atoms with Crippen molar-refractivity contribution >= 4 is 17.4 Å². The molecule has 0 atom stereocenters. The summed E-state index contributed by atoms with van der Waals surface area (Å²) >= 11 is 5.91. The molecule has 0 bridgehead atoms. The lowest BCUT2D eigenvalue weighted by Crippen LogP contribution is -2.26. The van der Waals surface area contributed by atoms with E-state index in [0.29, 0.717) is 29.7 Å². The highest BCUT2D eigenvalue weighted by molar-refractivity contribution is 6.31. The number of nitrogens with zero attached hydrogens (tertiary/aromatic N) is 3. The van der Waals surface area contributed by atoms with Crippen LogP contribution in [0.15, 0.2) is 6.33 Å². The molecule has 5 nitrogen and oxygen atoms in total. The van der Waals surface area contributed by atoms with Crippen molar-refractivity contribution in [2.45, 2.75) is 13.3 Å². The summed E-state index contributed by atoms with van der Waals surface area (Å²) in [6.45, 7) is 3.63. The molecule has 6 heteroatoms. The van der Waals surface area contributed by atoms with Crippen molar-refractivity contribution in [2.24, 2.45) is 0 Å². The second kappa shape index (κ2) is 6.50. The molecule has 0 fully saturated rings. The first-order chi connectivity index (χ1) is 7.74. The van der Waals surface area contributed by atoms with Gasteiger partial charge in [-0.2, -0.15) is 0 Å². The highest BCUT2D eigenvalue weighted by Crippen LogP contribution is 2.31. The van der Waals surface area contributed by atoms with Crippen LogP contribution in [0.3, 0.4) is 0 Å². The third-order valence-corrected chi connectivity index (χ3v) is 2.48. The number of aliphatic hydroxyl groups is 1. The fraction of sp³-hybridized carbons (Fsp3) is 0.600. The van der Waals surface area contributed by atoms with Gasteiger partial charge in [-0.25, -0.2) is 9.97 Å². The van der Waals surface area contributed by atoms with Crippen molar-refractivity contribution in [3.8, 4) is 5.75 Å². The zero-order chi connectivity index (χ0) is 12.0.